The van der Waals surface area contributed by atoms with E-state index in [1.165, 1.54) is 6.20 Å². The van der Waals surface area contributed by atoms with E-state index < -0.39 is 16.7 Å². The second-order valence-corrected chi connectivity index (χ2v) is 8.92. The Morgan fingerprint density at radius 2 is 1.60 bits per heavy atom. The second-order valence-electron chi connectivity index (χ2n) is 8.92. The molecule has 0 saturated heterocycles. The fourth-order valence-corrected chi connectivity index (χ4v) is 5.34. The SMILES string of the molecule is CC12CCC(C(=O)NNC(=O)c3cccnc3)(c3nc4ccccc4nc31)C2(C)C. The minimum Gasteiger partial charge on any atom is -0.272 e. The Hall–Kier alpha value is -3.35. The summed E-state index contributed by atoms with van der Waals surface area (Å²) in [7, 11) is 0. The van der Waals surface area contributed by atoms with Crippen molar-refractivity contribution in [1.29, 1.82) is 0 Å². The quantitative estimate of drug-likeness (QED) is 0.644. The lowest BCUT2D eigenvalue weighted by atomic mass is 9.63. The maximum absolute atomic E-state index is 13.6. The number of aromatic nitrogens is 3. The van der Waals surface area contributed by atoms with E-state index in [1.54, 1.807) is 18.3 Å². The number of hydrogen-bond donors (Lipinski definition) is 2. The molecule has 7 heteroatoms. The van der Waals surface area contributed by atoms with Gasteiger partial charge in [-0.3, -0.25) is 25.4 Å². The van der Waals surface area contributed by atoms with Crippen molar-refractivity contribution in [3.8, 4) is 0 Å². The summed E-state index contributed by atoms with van der Waals surface area (Å²) < 4.78 is 0. The molecule has 1 aromatic carbocycles. The van der Waals surface area contributed by atoms with Gasteiger partial charge < -0.3 is 0 Å². The molecule has 3 aromatic rings. The van der Waals surface area contributed by atoms with Crippen LogP contribution in [0.3, 0.4) is 0 Å². The monoisotopic (exact) mass is 401 g/mol. The van der Waals surface area contributed by atoms with Gasteiger partial charge in [0.1, 0.15) is 5.41 Å². The van der Waals surface area contributed by atoms with Gasteiger partial charge >= 0.3 is 0 Å². The maximum atomic E-state index is 13.6. The third-order valence-electron chi connectivity index (χ3n) is 7.54. The fourth-order valence-electron chi connectivity index (χ4n) is 5.34. The number of nitrogens with one attached hydrogen (secondary N) is 2. The van der Waals surface area contributed by atoms with Crippen molar-refractivity contribution in [1.82, 2.24) is 25.8 Å². The van der Waals surface area contributed by atoms with Crippen molar-refractivity contribution in [3.63, 3.8) is 0 Å². The van der Waals surface area contributed by atoms with Crippen LogP contribution in [0.25, 0.3) is 11.0 Å². The van der Waals surface area contributed by atoms with E-state index in [0.717, 1.165) is 28.8 Å². The van der Waals surface area contributed by atoms with E-state index in [2.05, 4.69) is 36.6 Å². The summed E-state index contributed by atoms with van der Waals surface area (Å²) in [5.74, 6) is -0.661. The average molecular weight is 401 g/mol. The zero-order valence-electron chi connectivity index (χ0n) is 17.2. The molecule has 2 aliphatic rings. The largest absolute Gasteiger partial charge is 0.272 e. The summed E-state index contributed by atoms with van der Waals surface area (Å²) >= 11 is 0. The second kappa shape index (κ2) is 6.08. The molecule has 2 aromatic heterocycles. The van der Waals surface area contributed by atoms with Crippen LogP contribution in [0.15, 0.2) is 48.8 Å². The number of fused-ring (bicyclic) bond motifs is 6. The first kappa shape index (κ1) is 18.7. The van der Waals surface area contributed by atoms with Gasteiger partial charge in [0, 0.05) is 17.8 Å². The number of carbonyl (C=O) groups excluding carboxylic acids is 2. The molecule has 0 aliphatic heterocycles. The average Bonchev–Trinajstić information content (AvgIpc) is 3.06. The van der Waals surface area contributed by atoms with Gasteiger partial charge in [-0.15, -0.1) is 0 Å². The van der Waals surface area contributed by atoms with Crippen molar-refractivity contribution < 1.29 is 9.59 Å². The molecule has 30 heavy (non-hydrogen) atoms. The van der Waals surface area contributed by atoms with Gasteiger partial charge in [-0.25, -0.2) is 9.97 Å². The number of carbonyl (C=O) groups is 2. The predicted molar refractivity (Wildman–Crippen MR) is 111 cm³/mol. The smallest absolute Gasteiger partial charge is 0.271 e. The maximum Gasteiger partial charge on any atom is 0.271 e. The van der Waals surface area contributed by atoms with Gasteiger partial charge in [0.15, 0.2) is 0 Å². The van der Waals surface area contributed by atoms with Gasteiger partial charge in [-0.05, 0) is 42.5 Å². The zero-order chi connectivity index (χ0) is 21.1. The normalized spacial score (nSPS) is 25.7. The number of nitrogens with zero attached hydrogens (tertiary/aromatic N) is 3. The topological polar surface area (TPSA) is 96.9 Å². The molecular formula is C23H23N5O2. The Labute approximate surface area is 174 Å². The van der Waals surface area contributed by atoms with Crippen LogP contribution >= 0.6 is 0 Å². The molecule has 7 nitrogen and oxygen atoms in total. The number of hydrazine groups is 1. The molecule has 2 N–H and O–H groups in total. The van der Waals surface area contributed by atoms with E-state index in [-0.39, 0.29) is 11.3 Å². The molecule has 2 heterocycles. The number of para-hydroxylation sites is 2. The summed E-state index contributed by atoms with van der Waals surface area (Å²) in [5.41, 5.74) is 7.27. The number of rotatable bonds is 2. The Morgan fingerprint density at radius 1 is 0.900 bits per heavy atom. The van der Waals surface area contributed by atoms with Crippen LogP contribution in [0.1, 0.15) is 55.4 Å². The molecule has 2 unspecified atom stereocenters. The fraction of sp³-hybridized carbons (Fsp3) is 0.348. The molecule has 2 atom stereocenters. The van der Waals surface area contributed by atoms with Crippen LogP contribution in [0.2, 0.25) is 0 Å². The lowest BCUT2D eigenvalue weighted by Crippen LogP contribution is -2.55. The minimum atomic E-state index is -0.865. The van der Waals surface area contributed by atoms with Crippen LogP contribution in [0, 0.1) is 5.41 Å². The highest BCUT2D eigenvalue weighted by Gasteiger charge is 2.73. The number of amides is 2. The number of pyridine rings is 1. The summed E-state index contributed by atoms with van der Waals surface area (Å²) in [6.45, 7) is 6.39. The highest BCUT2D eigenvalue weighted by atomic mass is 16.2. The van der Waals surface area contributed by atoms with Crippen molar-refractivity contribution in [3.05, 3.63) is 65.7 Å². The Kier molecular flexibility index (Phi) is 3.78. The third kappa shape index (κ3) is 2.17. The van der Waals surface area contributed by atoms with E-state index in [0.29, 0.717) is 12.0 Å². The molecule has 2 bridgehead atoms. The van der Waals surface area contributed by atoms with E-state index in [4.69, 9.17) is 9.97 Å². The van der Waals surface area contributed by atoms with Gasteiger partial charge in [-0.1, -0.05) is 32.9 Å². The molecular weight excluding hydrogens is 378 g/mol. The summed E-state index contributed by atoms with van der Waals surface area (Å²) in [4.78, 5) is 39.8. The first-order valence-electron chi connectivity index (χ1n) is 10.1. The predicted octanol–water partition coefficient (Wildman–Crippen LogP) is 2.82. The first-order chi connectivity index (χ1) is 14.3. The van der Waals surface area contributed by atoms with Crippen LogP contribution in [0.5, 0.6) is 0 Å². The lowest BCUT2D eigenvalue weighted by molar-refractivity contribution is -0.131. The van der Waals surface area contributed by atoms with Gasteiger partial charge in [0.25, 0.3) is 11.8 Å². The highest BCUT2D eigenvalue weighted by molar-refractivity contribution is 5.98. The third-order valence-corrected chi connectivity index (χ3v) is 7.54. The zero-order valence-corrected chi connectivity index (χ0v) is 17.2. The van der Waals surface area contributed by atoms with Gasteiger partial charge in [0.05, 0.1) is 28.0 Å². The van der Waals surface area contributed by atoms with Crippen molar-refractivity contribution in [2.75, 3.05) is 0 Å². The number of benzene rings is 1. The molecule has 0 radical (unpaired) electrons. The Balaban J connectivity index is 1.55. The van der Waals surface area contributed by atoms with Crippen LogP contribution in [0.4, 0.5) is 0 Å². The minimum absolute atomic E-state index is 0.253. The van der Waals surface area contributed by atoms with Crippen LogP contribution in [-0.4, -0.2) is 26.8 Å². The van der Waals surface area contributed by atoms with Crippen molar-refractivity contribution in [2.45, 2.75) is 44.4 Å². The molecule has 2 aliphatic carbocycles. The van der Waals surface area contributed by atoms with Gasteiger partial charge in [0.2, 0.25) is 0 Å². The number of hydrogen-bond acceptors (Lipinski definition) is 5. The van der Waals surface area contributed by atoms with E-state index in [1.807, 2.05) is 24.3 Å². The van der Waals surface area contributed by atoms with E-state index >= 15 is 0 Å². The molecule has 2 amide bonds. The van der Waals surface area contributed by atoms with Crippen LogP contribution in [-0.2, 0) is 15.6 Å². The van der Waals surface area contributed by atoms with Gasteiger partial charge in [-0.2, -0.15) is 0 Å². The summed E-state index contributed by atoms with van der Waals surface area (Å²) in [6.07, 6.45) is 4.54. The summed E-state index contributed by atoms with van der Waals surface area (Å²) in [6, 6.07) is 11.1. The summed E-state index contributed by atoms with van der Waals surface area (Å²) in [5, 5.41) is 0. The molecule has 152 valence electrons. The van der Waals surface area contributed by atoms with Crippen molar-refractivity contribution in [2.24, 2.45) is 5.41 Å². The Bertz CT molecular complexity index is 1190. The van der Waals surface area contributed by atoms with E-state index in [9.17, 15) is 9.59 Å². The molecule has 0 spiro atoms. The molecule has 1 saturated carbocycles. The molecule has 1 fully saturated rings. The van der Waals surface area contributed by atoms with Crippen LogP contribution < -0.4 is 10.9 Å². The highest BCUT2D eigenvalue weighted by Crippen LogP contribution is 2.70. The lowest BCUT2D eigenvalue weighted by Gasteiger charge is -2.39. The standard InChI is InChI=1S/C23H23N5O2/c1-21(2)22(3)10-11-23(21,18-17(22)25-15-8-4-5-9-16(15)26-18)20(30)28-27-19(29)14-7-6-12-24-13-14/h4-9,12-13H,10-11H2,1-3H3,(H,27,29)(H,28,30). The van der Waals surface area contributed by atoms with Crippen molar-refractivity contribution >= 4 is 22.8 Å². The Morgan fingerprint density at radius 3 is 2.27 bits per heavy atom. The first-order valence-corrected chi connectivity index (χ1v) is 10.1. The molecule has 5 rings (SSSR count).